The van der Waals surface area contributed by atoms with Crippen molar-refractivity contribution in [3.63, 3.8) is 0 Å². The van der Waals surface area contributed by atoms with Crippen LogP contribution in [0.15, 0.2) is 29.5 Å². The molecule has 1 aromatic heterocycles. The monoisotopic (exact) mass is 389 g/mol. The summed E-state index contributed by atoms with van der Waals surface area (Å²) in [5, 5.41) is 10.9. The third kappa shape index (κ3) is 5.52. The van der Waals surface area contributed by atoms with Crippen LogP contribution in [0.1, 0.15) is 25.3 Å². The molecule has 1 aromatic rings. The van der Waals surface area contributed by atoms with E-state index in [4.69, 9.17) is 0 Å². The quantitative estimate of drug-likeness (QED) is 0.350. The molecule has 2 rings (SSSR count). The lowest BCUT2D eigenvalue weighted by atomic mass is 10.2. The molecule has 0 atom stereocenters. The topological polar surface area (TPSA) is 54.2 Å². The number of hydrogen-bond donors (Lipinski definition) is 2. The van der Waals surface area contributed by atoms with Crippen LogP contribution in [-0.4, -0.2) is 34.9 Å². The molecule has 2 N–H and O–H groups in total. The van der Waals surface area contributed by atoms with Gasteiger partial charge in [-0.25, -0.2) is 0 Å². The van der Waals surface area contributed by atoms with Crippen LogP contribution in [0.3, 0.4) is 0 Å². The predicted octanol–water partition coefficient (Wildman–Crippen LogP) is 1.85. The van der Waals surface area contributed by atoms with Crippen LogP contribution in [0.4, 0.5) is 0 Å². The van der Waals surface area contributed by atoms with Gasteiger partial charge in [-0.05, 0) is 31.7 Å². The number of nitrogens with one attached hydrogen (secondary N) is 2. The average Bonchev–Trinajstić information content (AvgIpc) is 3.01. The molecule has 0 spiro atoms. The maximum absolute atomic E-state index is 4.61. The molecule has 0 bridgehead atoms. The minimum atomic E-state index is 0. The first-order valence-corrected chi connectivity index (χ1v) is 6.95. The molecule has 112 valence electrons. The zero-order valence-corrected chi connectivity index (χ0v) is 14.5. The van der Waals surface area contributed by atoms with Crippen LogP contribution < -0.4 is 10.6 Å². The summed E-state index contributed by atoms with van der Waals surface area (Å²) in [5.41, 5.74) is 1.23. The van der Waals surface area contributed by atoms with Crippen molar-refractivity contribution in [2.75, 3.05) is 13.1 Å². The summed E-state index contributed by atoms with van der Waals surface area (Å²) in [6, 6.07) is 0.496. The molecule has 0 radical (unpaired) electrons. The number of hydrogen-bond acceptors (Lipinski definition) is 2. The van der Waals surface area contributed by atoms with Crippen LogP contribution in [0, 0.1) is 0 Å². The average molecular weight is 389 g/mol. The zero-order chi connectivity index (χ0) is 13.5. The second-order valence-electron chi connectivity index (χ2n) is 4.82. The summed E-state index contributed by atoms with van der Waals surface area (Å²) in [5.74, 6) is 0.917. The van der Waals surface area contributed by atoms with Crippen molar-refractivity contribution in [1.82, 2.24) is 20.4 Å². The van der Waals surface area contributed by atoms with Crippen LogP contribution >= 0.6 is 24.0 Å². The Kier molecular flexibility index (Phi) is 7.64. The number of aryl methyl sites for hydroxylation is 1. The molecule has 0 unspecified atom stereocenters. The lowest BCUT2D eigenvalue weighted by Crippen LogP contribution is -2.42. The first kappa shape index (κ1) is 17.0. The Bertz CT molecular complexity index is 444. The molecular weight excluding hydrogens is 365 g/mol. The van der Waals surface area contributed by atoms with Gasteiger partial charge in [0.25, 0.3) is 0 Å². The van der Waals surface area contributed by atoms with E-state index in [9.17, 15) is 0 Å². The molecule has 0 saturated heterocycles. The van der Waals surface area contributed by atoms with Gasteiger partial charge in [-0.15, -0.1) is 24.0 Å². The summed E-state index contributed by atoms with van der Waals surface area (Å²) in [4.78, 5) is 4.61. The summed E-state index contributed by atoms with van der Waals surface area (Å²) in [7, 11) is 1.94. The van der Waals surface area contributed by atoms with Crippen molar-refractivity contribution in [3.05, 3.63) is 30.1 Å². The Morgan fingerprint density at radius 1 is 1.45 bits per heavy atom. The molecule has 1 aliphatic carbocycles. The van der Waals surface area contributed by atoms with Gasteiger partial charge in [0.05, 0.1) is 6.20 Å². The van der Waals surface area contributed by atoms with Crippen molar-refractivity contribution in [2.24, 2.45) is 12.0 Å². The minimum absolute atomic E-state index is 0. The molecule has 20 heavy (non-hydrogen) atoms. The van der Waals surface area contributed by atoms with Crippen LogP contribution in [0.25, 0.3) is 0 Å². The maximum atomic E-state index is 4.61. The van der Waals surface area contributed by atoms with E-state index in [2.05, 4.69) is 39.8 Å². The Morgan fingerprint density at radius 3 is 2.80 bits per heavy atom. The third-order valence-electron chi connectivity index (χ3n) is 3.12. The van der Waals surface area contributed by atoms with Crippen molar-refractivity contribution in [2.45, 2.75) is 32.2 Å². The number of aliphatic imine (C=N–C) groups is 1. The number of nitrogens with zero attached hydrogens (tertiary/aromatic N) is 3. The normalized spacial score (nSPS) is 15.2. The van der Waals surface area contributed by atoms with Crippen LogP contribution in [-0.2, 0) is 13.5 Å². The highest BCUT2D eigenvalue weighted by Gasteiger charge is 2.11. The Hall–Kier alpha value is -1.05. The Morgan fingerprint density at radius 2 is 2.20 bits per heavy atom. The maximum Gasteiger partial charge on any atom is 0.191 e. The van der Waals surface area contributed by atoms with Gasteiger partial charge >= 0.3 is 0 Å². The lowest BCUT2D eigenvalue weighted by Gasteiger charge is -2.16. The molecule has 0 saturated carbocycles. The van der Waals surface area contributed by atoms with E-state index in [1.165, 1.54) is 5.56 Å². The van der Waals surface area contributed by atoms with Crippen molar-refractivity contribution in [3.8, 4) is 0 Å². The zero-order valence-electron chi connectivity index (χ0n) is 12.2. The van der Waals surface area contributed by atoms with E-state index in [1.54, 1.807) is 0 Å². The second-order valence-corrected chi connectivity index (χ2v) is 4.82. The summed E-state index contributed by atoms with van der Waals surface area (Å²) in [6.07, 6.45) is 11.5. The fourth-order valence-corrected chi connectivity index (χ4v) is 2.15. The highest BCUT2D eigenvalue weighted by Crippen LogP contribution is 2.08. The van der Waals surface area contributed by atoms with E-state index >= 15 is 0 Å². The first-order chi connectivity index (χ1) is 9.28. The van der Waals surface area contributed by atoms with Gasteiger partial charge in [-0.2, -0.15) is 5.10 Å². The van der Waals surface area contributed by atoms with Gasteiger partial charge < -0.3 is 10.6 Å². The smallest absolute Gasteiger partial charge is 0.191 e. The summed E-state index contributed by atoms with van der Waals surface area (Å²) < 4.78 is 1.83. The molecule has 0 aliphatic heterocycles. The number of halogens is 1. The number of aromatic nitrogens is 2. The van der Waals surface area contributed by atoms with Gasteiger partial charge in [0.1, 0.15) is 0 Å². The van der Waals surface area contributed by atoms with E-state index in [-0.39, 0.29) is 24.0 Å². The van der Waals surface area contributed by atoms with E-state index in [1.807, 2.05) is 24.1 Å². The van der Waals surface area contributed by atoms with Gasteiger partial charge in [-0.1, -0.05) is 12.2 Å². The van der Waals surface area contributed by atoms with Gasteiger partial charge in [-0.3, -0.25) is 9.67 Å². The summed E-state index contributed by atoms with van der Waals surface area (Å²) >= 11 is 0. The van der Waals surface area contributed by atoms with Crippen LogP contribution in [0.2, 0.25) is 0 Å². The Labute approximate surface area is 137 Å². The largest absolute Gasteiger partial charge is 0.357 e. The van der Waals surface area contributed by atoms with Crippen molar-refractivity contribution < 1.29 is 0 Å². The van der Waals surface area contributed by atoms with E-state index in [0.29, 0.717) is 6.04 Å². The lowest BCUT2D eigenvalue weighted by molar-refractivity contribution is 0.633. The SMILES string of the molecule is CCNC(=NCCc1cnn(C)c1)NC1CC=CC1.I. The first-order valence-electron chi connectivity index (χ1n) is 6.95. The molecule has 6 heteroatoms. The number of guanidine groups is 1. The standard InChI is InChI=1S/C14H23N5.HI/c1-3-15-14(18-13-6-4-5-7-13)16-9-8-12-10-17-19(2)11-12;/h4-5,10-11,13H,3,6-9H2,1-2H3,(H2,15,16,18);1H. The molecule has 0 amide bonds. The molecular formula is C14H24IN5. The highest BCUT2D eigenvalue weighted by atomic mass is 127. The fourth-order valence-electron chi connectivity index (χ4n) is 2.15. The molecule has 0 fully saturated rings. The fraction of sp³-hybridized carbons (Fsp3) is 0.571. The van der Waals surface area contributed by atoms with Crippen LogP contribution in [0.5, 0.6) is 0 Å². The predicted molar refractivity (Wildman–Crippen MR) is 93.6 cm³/mol. The Balaban J connectivity index is 0.00000200. The second kappa shape index (κ2) is 8.99. The minimum Gasteiger partial charge on any atom is -0.357 e. The third-order valence-corrected chi connectivity index (χ3v) is 3.12. The molecule has 0 aromatic carbocycles. The van der Waals surface area contributed by atoms with E-state index < -0.39 is 0 Å². The van der Waals surface area contributed by atoms with Crippen molar-refractivity contribution >= 4 is 29.9 Å². The highest BCUT2D eigenvalue weighted by molar-refractivity contribution is 14.0. The van der Waals surface area contributed by atoms with Crippen molar-refractivity contribution in [1.29, 1.82) is 0 Å². The summed E-state index contributed by atoms with van der Waals surface area (Å²) in [6.45, 7) is 3.76. The van der Waals surface area contributed by atoms with Gasteiger partial charge in [0.2, 0.25) is 0 Å². The molecule has 1 aliphatic rings. The number of rotatable bonds is 5. The van der Waals surface area contributed by atoms with Gasteiger partial charge in [0.15, 0.2) is 5.96 Å². The van der Waals surface area contributed by atoms with Gasteiger partial charge in [0, 0.05) is 32.4 Å². The molecule has 5 nitrogen and oxygen atoms in total. The molecule has 1 heterocycles. The van der Waals surface area contributed by atoms with E-state index in [0.717, 1.165) is 38.3 Å².